The monoisotopic (exact) mass is 612 g/mol. The highest BCUT2D eigenvalue weighted by atomic mass is 32.1. The Kier molecular flexibility index (Phi) is 6.07. The summed E-state index contributed by atoms with van der Waals surface area (Å²) in [4.78, 5) is 39.0. The van der Waals surface area contributed by atoms with Crippen LogP contribution in [0.2, 0.25) is 0 Å². The number of hydrogen-bond acceptors (Lipinski definition) is 8. The van der Waals surface area contributed by atoms with Crippen molar-refractivity contribution < 1.29 is 13.9 Å². The van der Waals surface area contributed by atoms with Crippen LogP contribution in [0.25, 0.3) is 76.3 Å². The Labute approximate surface area is 258 Å². The zero-order chi connectivity index (χ0) is 30.8. The van der Waals surface area contributed by atoms with Crippen molar-refractivity contribution in [3.05, 3.63) is 106 Å². The molecule has 4 aromatic carbocycles. The van der Waals surface area contributed by atoms with E-state index in [0.29, 0.717) is 33.8 Å². The van der Waals surface area contributed by atoms with E-state index in [4.69, 9.17) is 13.9 Å². The average molecular weight is 613 g/mol. The standard InChI is InChI=1S/C35H24N4O5S/c1-39-29-23(5-4-6-25(29)30-27(35(39)41)37-33(44-30)18-7-12-21(42-2)13-8-18)20-11-16-24-26(17-20)36-32(40)28-31(24)45-34(38-28)19-9-14-22(43-3)15-10-19/h4-17H,1-3H3,(H,36,40). The quantitative estimate of drug-likeness (QED) is 0.220. The average Bonchev–Trinajstić information content (AvgIpc) is 3.74. The van der Waals surface area contributed by atoms with Gasteiger partial charge in [-0.25, -0.2) is 9.97 Å². The number of ether oxygens (including phenoxy) is 2. The number of pyridine rings is 2. The molecule has 0 radical (unpaired) electrons. The summed E-state index contributed by atoms with van der Waals surface area (Å²) in [5, 5.41) is 2.40. The number of para-hydroxylation sites is 1. The van der Waals surface area contributed by atoms with Gasteiger partial charge in [0.05, 0.1) is 30.0 Å². The van der Waals surface area contributed by atoms with Crippen molar-refractivity contribution in [1.29, 1.82) is 0 Å². The van der Waals surface area contributed by atoms with E-state index in [9.17, 15) is 9.59 Å². The van der Waals surface area contributed by atoms with E-state index in [-0.39, 0.29) is 16.6 Å². The Hall–Kier alpha value is -5.74. The maximum Gasteiger partial charge on any atom is 0.280 e. The number of rotatable bonds is 5. The topological polar surface area (TPSA) is 112 Å². The van der Waals surface area contributed by atoms with E-state index >= 15 is 0 Å². The van der Waals surface area contributed by atoms with Crippen molar-refractivity contribution in [1.82, 2.24) is 19.5 Å². The summed E-state index contributed by atoms with van der Waals surface area (Å²) in [6.07, 6.45) is 0. The molecule has 0 spiro atoms. The van der Waals surface area contributed by atoms with E-state index in [1.54, 1.807) is 25.8 Å². The molecule has 8 rings (SSSR count). The molecule has 4 aromatic heterocycles. The maximum atomic E-state index is 13.6. The lowest BCUT2D eigenvalue weighted by molar-refractivity contribution is 0.414. The van der Waals surface area contributed by atoms with Gasteiger partial charge < -0.3 is 23.4 Å². The fraction of sp³-hybridized carbons (Fsp3) is 0.0857. The molecule has 8 aromatic rings. The molecule has 0 atom stereocenters. The fourth-order valence-electron chi connectivity index (χ4n) is 5.79. The van der Waals surface area contributed by atoms with Gasteiger partial charge in [-0.3, -0.25) is 9.59 Å². The number of oxazole rings is 1. The predicted octanol–water partition coefficient (Wildman–Crippen LogP) is 7.15. The van der Waals surface area contributed by atoms with Crippen LogP contribution in [0.5, 0.6) is 11.5 Å². The van der Waals surface area contributed by atoms with Crippen molar-refractivity contribution in [2.75, 3.05) is 14.2 Å². The first-order valence-corrected chi connectivity index (χ1v) is 14.9. The van der Waals surface area contributed by atoms with E-state index < -0.39 is 0 Å². The molecule has 1 N–H and O–H groups in total. The number of benzene rings is 4. The smallest absolute Gasteiger partial charge is 0.280 e. The van der Waals surface area contributed by atoms with E-state index in [2.05, 4.69) is 15.0 Å². The Bertz CT molecular complexity index is 2560. The lowest BCUT2D eigenvalue weighted by Crippen LogP contribution is -2.18. The molecule has 0 unspecified atom stereocenters. The molecule has 0 saturated carbocycles. The van der Waals surface area contributed by atoms with E-state index in [0.717, 1.165) is 48.5 Å². The van der Waals surface area contributed by atoms with Gasteiger partial charge >= 0.3 is 0 Å². The largest absolute Gasteiger partial charge is 0.497 e. The van der Waals surface area contributed by atoms with E-state index in [1.165, 1.54) is 11.3 Å². The molecule has 0 aliphatic heterocycles. The molecule has 0 amide bonds. The second-order valence-electron chi connectivity index (χ2n) is 10.6. The number of thiazole rings is 1. The van der Waals surface area contributed by atoms with Crippen LogP contribution in [0, 0.1) is 0 Å². The number of aryl methyl sites for hydroxylation is 1. The summed E-state index contributed by atoms with van der Waals surface area (Å²) < 4.78 is 19.2. The third kappa shape index (κ3) is 4.21. The predicted molar refractivity (Wildman–Crippen MR) is 177 cm³/mol. The van der Waals surface area contributed by atoms with Gasteiger partial charge in [0.25, 0.3) is 11.1 Å². The lowest BCUT2D eigenvalue weighted by atomic mass is 10.00. The molecule has 0 aliphatic carbocycles. The highest BCUT2D eigenvalue weighted by Gasteiger charge is 2.20. The van der Waals surface area contributed by atoms with Crippen LogP contribution in [-0.2, 0) is 7.05 Å². The first-order valence-electron chi connectivity index (χ1n) is 14.1. The first kappa shape index (κ1) is 26.9. The second kappa shape index (κ2) is 10.2. The number of fused-ring (bicyclic) bond motifs is 6. The molecule has 45 heavy (non-hydrogen) atoms. The number of H-pyrrole nitrogens is 1. The van der Waals surface area contributed by atoms with Gasteiger partial charge in [-0.2, -0.15) is 0 Å². The van der Waals surface area contributed by atoms with Gasteiger partial charge in [-0.15, -0.1) is 11.3 Å². The molecule has 0 fully saturated rings. The van der Waals surface area contributed by atoms with E-state index in [1.807, 2.05) is 84.9 Å². The number of methoxy groups -OCH3 is 2. The molecule has 0 saturated heterocycles. The van der Waals surface area contributed by atoms with Crippen molar-refractivity contribution in [3.8, 4) is 44.7 Å². The second-order valence-corrected chi connectivity index (χ2v) is 11.6. The van der Waals surface area contributed by atoms with Crippen LogP contribution in [0.4, 0.5) is 0 Å². The molecule has 0 bridgehead atoms. The van der Waals surface area contributed by atoms with Crippen LogP contribution >= 0.6 is 11.3 Å². The highest BCUT2D eigenvalue weighted by molar-refractivity contribution is 7.22. The minimum Gasteiger partial charge on any atom is -0.497 e. The summed E-state index contributed by atoms with van der Waals surface area (Å²) in [5.74, 6) is 1.82. The van der Waals surface area contributed by atoms with Gasteiger partial charge in [0.15, 0.2) is 11.1 Å². The number of aromatic nitrogens is 4. The Morgan fingerprint density at radius 2 is 1.47 bits per heavy atom. The number of hydrogen-bond donors (Lipinski definition) is 1. The molecule has 220 valence electrons. The van der Waals surface area contributed by atoms with Crippen molar-refractivity contribution >= 4 is 54.5 Å². The fourth-order valence-corrected chi connectivity index (χ4v) is 6.90. The zero-order valence-corrected chi connectivity index (χ0v) is 25.2. The van der Waals surface area contributed by atoms with Gasteiger partial charge in [0.1, 0.15) is 22.0 Å². The Morgan fingerprint density at radius 3 is 2.18 bits per heavy atom. The summed E-state index contributed by atoms with van der Waals surface area (Å²) in [5.41, 5.74) is 5.25. The van der Waals surface area contributed by atoms with Crippen molar-refractivity contribution in [2.45, 2.75) is 0 Å². The van der Waals surface area contributed by atoms with Crippen LogP contribution in [0.1, 0.15) is 0 Å². The summed E-state index contributed by atoms with van der Waals surface area (Å²) in [7, 11) is 4.97. The minimum atomic E-state index is -0.264. The van der Waals surface area contributed by atoms with Gasteiger partial charge in [-0.1, -0.05) is 24.3 Å². The molecule has 0 aliphatic rings. The highest BCUT2D eigenvalue weighted by Crippen LogP contribution is 2.37. The zero-order valence-electron chi connectivity index (χ0n) is 24.4. The van der Waals surface area contributed by atoms with Crippen LogP contribution < -0.4 is 20.6 Å². The van der Waals surface area contributed by atoms with Gasteiger partial charge in [0, 0.05) is 34.5 Å². The van der Waals surface area contributed by atoms with Gasteiger partial charge in [0.2, 0.25) is 5.89 Å². The maximum absolute atomic E-state index is 13.6. The molecular weight excluding hydrogens is 588 g/mol. The normalized spacial score (nSPS) is 11.6. The third-order valence-corrected chi connectivity index (χ3v) is 9.23. The Morgan fingerprint density at radius 1 is 0.778 bits per heavy atom. The van der Waals surface area contributed by atoms with Crippen LogP contribution in [0.3, 0.4) is 0 Å². The molecular formula is C35H24N4O5S. The summed E-state index contributed by atoms with van der Waals surface area (Å²) in [6.45, 7) is 0. The lowest BCUT2D eigenvalue weighted by Gasteiger charge is -2.12. The SMILES string of the molecule is COc1ccc(-c2nc3c(=O)n(C)c4c(-c5ccc6c(c5)[nH]c(=O)c5nc(-c7ccc(OC)cc7)sc56)cccc4c3o2)cc1. The number of aromatic amines is 1. The van der Waals surface area contributed by atoms with Crippen LogP contribution in [0.15, 0.2) is 98.9 Å². The number of nitrogens with one attached hydrogen (secondary N) is 1. The number of nitrogens with zero attached hydrogens (tertiary/aromatic N) is 3. The van der Waals surface area contributed by atoms with Gasteiger partial charge in [-0.05, 0) is 66.2 Å². The van der Waals surface area contributed by atoms with Crippen LogP contribution in [-0.4, -0.2) is 33.7 Å². The third-order valence-electron chi connectivity index (χ3n) is 8.09. The van der Waals surface area contributed by atoms with Crippen molar-refractivity contribution in [2.24, 2.45) is 7.05 Å². The first-order chi connectivity index (χ1) is 21.9. The van der Waals surface area contributed by atoms with Crippen molar-refractivity contribution in [3.63, 3.8) is 0 Å². The Balaban J connectivity index is 1.28. The molecule has 4 heterocycles. The molecule has 9 nitrogen and oxygen atoms in total. The molecule has 10 heteroatoms. The summed E-state index contributed by atoms with van der Waals surface area (Å²) >= 11 is 1.48. The summed E-state index contributed by atoms with van der Waals surface area (Å²) in [6, 6.07) is 26.7. The minimum absolute atomic E-state index is 0.259.